The average Bonchev–Trinajstić information content (AvgIpc) is 3.40. The summed E-state index contributed by atoms with van der Waals surface area (Å²) >= 11 is 0. The number of allylic oxidation sites excluding steroid dienone is 2. The van der Waals surface area contributed by atoms with Gasteiger partial charge in [0.2, 0.25) is 6.79 Å². The van der Waals surface area contributed by atoms with E-state index in [-0.39, 0.29) is 18.5 Å². The summed E-state index contributed by atoms with van der Waals surface area (Å²) in [6, 6.07) is 10.1. The summed E-state index contributed by atoms with van der Waals surface area (Å²) in [4.78, 5) is 12.7. The normalized spacial score (nSPS) is 20.0. The molecule has 2 N–H and O–H groups in total. The number of rotatable bonds is 2. The fraction of sp³-hybridized carbons (Fsp3) is 0.238. The maximum atomic E-state index is 12.7. The van der Waals surface area contributed by atoms with Gasteiger partial charge in [0.05, 0.1) is 11.7 Å². The number of ether oxygens (including phenoxy) is 2. The van der Waals surface area contributed by atoms with Crippen molar-refractivity contribution in [3.63, 3.8) is 0 Å². The predicted octanol–water partition coefficient (Wildman–Crippen LogP) is 3.66. The van der Waals surface area contributed by atoms with E-state index in [4.69, 9.17) is 9.47 Å². The number of hydrogen-bond acceptors (Lipinski definition) is 5. The fourth-order valence-corrected chi connectivity index (χ4v) is 4.55. The summed E-state index contributed by atoms with van der Waals surface area (Å²) in [6.45, 7) is 0.262. The van der Waals surface area contributed by atoms with Crippen LogP contribution < -0.4 is 14.8 Å². The van der Waals surface area contributed by atoms with Crippen LogP contribution in [0.25, 0.3) is 10.9 Å². The van der Waals surface area contributed by atoms with Crippen molar-refractivity contribution in [1.29, 1.82) is 0 Å². The minimum atomic E-state index is 0.00733. The Bertz CT molecular complexity index is 1140. The average molecular weight is 359 g/mol. The molecule has 27 heavy (non-hydrogen) atoms. The number of aromatic nitrogens is 2. The van der Waals surface area contributed by atoms with Crippen LogP contribution in [0.5, 0.6) is 11.5 Å². The monoisotopic (exact) mass is 359 g/mol. The standard InChI is InChI=1S/C21H17N3O3/c25-17-5-4-16-21(17)12(7-11-1-6-18-19(8-11)27-10-26-18)20-13-9-22-24-14(13)2-3-15(20)23-16/h1-3,6,8-9,12,23H,4-5,7,10H2,(H,22,24). The Morgan fingerprint density at radius 2 is 2.04 bits per heavy atom. The molecule has 3 aromatic rings. The number of H-pyrrole nitrogens is 1. The van der Waals surface area contributed by atoms with Crippen molar-refractivity contribution in [3.8, 4) is 11.5 Å². The molecule has 0 bridgehead atoms. The second-order valence-corrected chi connectivity index (χ2v) is 7.24. The van der Waals surface area contributed by atoms with Crippen molar-refractivity contribution in [2.45, 2.75) is 25.2 Å². The van der Waals surface area contributed by atoms with Crippen LogP contribution in [-0.2, 0) is 11.2 Å². The number of benzene rings is 2. The molecule has 3 heterocycles. The maximum absolute atomic E-state index is 12.7. The molecule has 1 aliphatic carbocycles. The molecular formula is C21H17N3O3. The van der Waals surface area contributed by atoms with E-state index in [0.29, 0.717) is 6.42 Å². The molecule has 0 spiro atoms. The predicted molar refractivity (Wildman–Crippen MR) is 100.0 cm³/mol. The second kappa shape index (κ2) is 5.36. The lowest BCUT2D eigenvalue weighted by Gasteiger charge is -2.29. The van der Waals surface area contributed by atoms with Gasteiger partial charge in [-0.15, -0.1) is 0 Å². The molecule has 6 heteroatoms. The zero-order chi connectivity index (χ0) is 18.0. The van der Waals surface area contributed by atoms with E-state index in [0.717, 1.165) is 63.3 Å². The number of fused-ring (bicyclic) bond motifs is 4. The number of nitrogens with one attached hydrogen (secondary N) is 2. The third-order valence-corrected chi connectivity index (χ3v) is 5.75. The molecule has 3 aliphatic rings. The molecule has 1 aromatic heterocycles. The van der Waals surface area contributed by atoms with Crippen molar-refractivity contribution in [2.24, 2.45) is 0 Å². The summed E-state index contributed by atoms with van der Waals surface area (Å²) in [5.74, 6) is 1.80. The van der Waals surface area contributed by atoms with E-state index in [2.05, 4.69) is 27.6 Å². The first-order valence-corrected chi connectivity index (χ1v) is 9.16. The number of aromatic amines is 1. The number of anilines is 1. The molecule has 0 saturated carbocycles. The molecule has 0 amide bonds. The Hall–Kier alpha value is -3.28. The summed E-state index contributed by atoms with van der Waals surface area (Å²) < 4.78 is 11.0. The molecular weight excluding hydrogens is 342 g/mol. The lowest BCUT2D eigenvalue weighted by atomic mass is 9.80. The van der Waals surface area contributed by atoms with Crippen LogP contribution in [0.15, 0.2) is 47.8 Å². The van der Waals surface area contributed by atoms with Crippen LogP contribution in [0.3, 0.4) is 0 Å². The quantitative estimate of drug-likeness (QED) is 0.730. The van der Waals surface area contributed by atoms with E-state index in [1.807, 2.05) is 24.4 Å². The first-order chi connectivity index (χ1) is 13.3. The summed E-state index contributed by atoms with van der Waals surface area (Å²) in [7, 11) is 0. The Morgan fingerprint density at radius 3 is 3.00 bits per heavy atom. The maximum Gasteiger partial charge on any atom is 0.231 e. The Balaban J connectivity index is 1.51. The van der Waals surface area contributed by atoms with Gasteiger partial charge >= 0.3 is 0 Å². The van der Waals surface area contributed by atoms with Crippen LogP contribution in [-0.4, -0.2) is 22.8 Å². The van der Waals surface area contributed by atoms with Crippen LogP contribution in [0, 0.1) is 0 Å². The topological polar surface area (TPSA) is 76.2 Å². The zero-order valence-electron chi connectivity index (χ0n) is 14.5. The number of nitrogens with zero attached hydrogens (tertiary/aromatic N) is 1. The fourth-order valence-electron chi connectivity index (χ4n) is 4.55. The van der Waals surface area contributed by atoms with Gasteiger partial charge in [-0.05, 0) is 48.2 Å². The summed E-state index contributed by atoms with van der Waals surface area (Å²) in [5, 5.41) is 11.8. The Morgan fingerprint density at radius 1 is 1.11 bits per heavy atom. The number of carbonyl (C=O) groups is 1. The molecule has 134 valence electrons. The molecule has 1 atom stereocenters. The third-order valence-electron chi connectivity index (χ3n) is 5.75. The Labute approximate surface area is 155 Å². The molecule has 2 aliphatic heterocycles. The summed E-state index contributed by atoms with van der Waals surface area (Å²) in [5.41, 5.74) is 6.33. The van der Waals surface area contributed by atoms with Gasteiger partial charge in [0, 0.05) is 34.7 Å². The van der Waals surface area contributed by atoms with E-state index < -0.39 is 0 Å². The zero-order valence-corrected chi connectivity index (χ0v) is 14.5. The molecule has 0 fully saturated rings. The van der Waals surface area contributed by atoms with Crippen molar-refractivity contribution in [1.82, 2.24) is 10.2 Å². The van der Waals surface area contributed by atoms with Crippen molar-refractivity contribution in [3.05, 3.63) is 58.9 Å². The highest BCUT2D eigenvalue weighted by atomic mass is 16.7. The highest BCUT2D eigenvalue weighted by molar-refractivity contribution is 6.04. The van der Waals surface area contributed by atoms with E-state index in [1.54, 1.807) is 0 Å². The molecule has 0 radical (unpaired) electrons. The largest absolute Gasteiger partial charge is 0.454 e. The molecule has 6 rings (SSSR count). The number of Topliss-reactive ketones (excluding diaryl/α,β-unsaturated/α-hetero) is 1. The SMILES string of the molecule is O=C1CCC2=C1C(Cc1ccc3c(c1)OCO3)c1c(ccc3[nH]ncc13)N2. The number of hydrogen-bond donors (Lipinski definition) is 2. The minimum Gasteiger partial charge on any atom is -0.454 e. The Kier molecular flexibility index (Phi) is 2.95. The van der Waals surface area contributed by atoms with Crippen LogP contribution in [0.2, 0.25) is 0 Å². The number of ketones is 1. The van der Waals surface area contributed by atoms with Gasteiger partial charge in [0.1, 0.15) is 0 Å². The van der Waals surface area contributed by atoms with Gasteiger partial charge in [0.25, 0.3) is 0 Å². The molecule has 6 nitrogen and oxygen atoms in total. The van der Waals surface area contributed by atoms with E-state index >= 15 is 0 Å². The van der Waals surface area contributed by atoms with Crippen LogP contribution >= 0.6 is 0 Å². The van der Waals surface area contributed by atoms with Crippen molar-refractivity contribution < 1.29 is 14.3 Å². The van der Waals surface area contributed by atoms with Crippen molar-refractivity contribution >= 4 is 22.4 Å². The second-order valence-electron chi connectivity index (χ2n) is 7.24. The van der Waals surface area contributed by atoms with Crippen LogP contribution in [0.1, 0.15) is 29.9 Å². The van der Waals surface area contributed by atoms with Gasteiger partial charge in [-0.1, -0.05) is 6.07 Å². The minimum absolute atomic E-state index is 0.00733. The molecule has 0 saturated heterocycles. The van der Waals surface area contributed by atoms with Crippen molar-refractivity contribution in [2.75, 3.05) is 12.1 Å². The van der Waals surface area contributed by atoms with E-state index in [1.165, 1.54) is 0 Å². The van der Waals surface area contributed by atoms with Crippen LogP contribution in [0.4, 0.5) is 5.69 Å². The van der Waals surface area contributed by atoms with Gasteiger partial charge in [-0.25, -0.2) is 0 Å². The molecule has 1 unspecified atom stereocenters. The lowest BCUT2D eigenvalue weighted by molar-refractivity contribution is -0.115. The van der Waals surface area contributed by atoms with Gasteiger partial charge in [-0.3, -0.25) is 9.89 Å². The van der Waals surface area contributed by atoms with Gasteiger partial charge < -0.3 is 14.8 Å². The first-order valence-electron chi connectivity index (χ1n) is 9.16. The van der Waals surface area contributed by atoms with E-state index in [9.17, 15) is 4.79 Å². The lowest BCUT2D eigenvalue weighted by Crippen LogP contribution is -2.20. The first kappa shape index (κ1) is 14.8. The highest BCUT2D eigenvalue weighted by Crippen LogP contribution is 2.47. The third kappa shape index (κ3) is 2.13. The van der Waals surface area contributed by atoms with Gasteiger partial charge in [-0.2, -0.15) is 5.10 Å². The highest BCUT2D eigenvalue weighted by Gasteiger charge is 2.37. The smallest absolute Gasteiger partial charge is 0.231 e. The van der Waals surface area contributed by atoms with Gasteiger partial charge in [0.15, 0.2) is 17.3 Å². The molecule has 2 aromatic carbocycles. The number of carbonyl (C=O) groups excluding carboxylic acids is 1. The summed E-state index contributed by atoms with van der Waals surface area (Å²) in [6.07, 6.45) is 3.96.